The molecule has 0 spiro atoms. The molecular formula is C10H22N2. The zero-order chi connectivity index (χ0) is 9.19. The molecule has 2 unspecified atom stereocenters. The third kappa shape index (κ3) is 2.46. The van der Waals surface area contributed by atoms with Gasteiger partial charge in [-0.1, -0.05) is 13.8 Å². The molecule has 2 atom stereocenters. The minimum atomic E-state index is 0.194. The second-order valence-electron chi connectivity index (χ2n) is 4.59. The van der Waals surface area contributed by atoms with Crippen LogP contribution in [0.1, 0.15) is 40.0 Å². The zero-order valence-corrected chi connectivity index (χ0v) is 8.78. The monoisotopic (exact) mass is 170 g/mol. The van der Waals surface area contributed by atoms with Crippen molar-refractivity contribution in [3.63, 3.8) is 0 Å². The Hall–Kier alpha value is -0.0800. The first-order chi connectivity index (χ1) is 5.56. The molecule has 0 saturated carbocycles. The van der Waals surface area contributed by atoms with Crippen LogP contribution in [-0.4, -0.2) is 18.8 Å². The van der Waals surface area contributed by atoms with Crippen molar-refractivity contribution in [2.24, 2.45) is 5.92 Å². The van der Waals surface area contributed by atoms with E-state index in [4.69, 9.17) is 0 Å². The first kappa shape index (κ1) is 10.0. The van der Waals surface area contributed by atoms with Gasteiger partial charge in [-0.25, -0.2) is 0 Å². The quantitative estimate of drug-likeness (QED) is 0.674. The molecule has 12 heavy (non-hydrogen) atoms. The molecule has 0 aromatic heterocycles. The maximum Gasteiger partial charge on any atom is 0.0658 e. The smallest absolute Gasteiger partial charge is 0.0658 e. The average molecular weight is 170 g/mol. The number of rotatable bonds is 3. The van der Waals surface area contributed by atoms with E-state index < -0.39 is 0 Å². The summed E-state index contributed by atoms with van der Waals surface area (Å²) in [4.78, 5) is 0. The molecule has 0 aliphatic carbocycles. The van der Waals surface area contributed by atoms with Crippen LogP contribution < -0.4 is 10.6 Å². The van der Waals surface area contributed by atoms with E-state index >= 15 is 0 Å². The Balaban J connectivity index is 2.35. The van der Waals surface area contributed by atoms with Crippen LogP contribution in [0.2, 0.25) is 0 Å². The van der Waals surface area contributed by atoms with Gasteiger partial charge in [0.15, 0.2) is 0 Å². The molecule has 1 heterocycles. The van der Waals surface area contributed by atoms with Gasteiger partial charge in [0.25, 0.3) is 0 Å². The maximum atomic E-state index is 3.64. The van der Waals surface area contributed by atoms with Gasteiger partial charge in [0.2, 0.25) is 0 Å². The van der Waals surface area contributed by atoms with Gasteiger partial charge in [0.1, 0.15) is 0 Å². The third-order valence-corrected chi connectivity index (χ3v) is 2.82. The topological polar surface area (TPSA) is 24.1 Å². The van der Waals surface area contributed by atoms with E-state index in [1.165, 1.54) is 19.3 Å². The highest BCUT2D eigenvalue weighted by molar-refractivity contribution is 4.91. The molecule has 1 rings (SSSR count). The first-order valence-electron chi connectivity index (χ1n) is 5.02. The normalized spacial score (nSPS) is 36.2. The minimum Gasteiger partial charge on any atom is -0.303 e. The highest BCUT2D eigenvalue weighted by Gasteiger charge is 2.32. The van der Waals surface area contributed by atoms with Crippen molar-refractivity contribution < 1.29 is 0 Å². The van der Waals surface area contributed by atoms with Crippen molar-refractivity contribution in [1.82, 2.24) is 10.6 Å². The molecule has 2 heteroatoms. The molecular weight excluding hydrogens is 148 g/mol. The summed E-state index contributed by atoms with van der Waals surface area (Å²) in [6.07, 6.45) is 3.87. The van der Waals surface area contributed by atoms with Crippen molar-refractivity contribution in [2.45, 2.75) is 51.7 Å². The molecule has 0 amide bonds. The summed E-state index contributed by atoms with van der Waals surface area (Å²) in [7, 11) is 2.03. The summed E-state index contributed by atoms with van der Waals surface area (Å²) in [5, 5.41) is 6.97. The Kier molecular flexibility index (Phi) is 3.13. The zero-order valence-electron chi connectivity index (χ0n) is 8.78. The maximum absolute atomic E-state index is 3.64. The molecule has 1 aliphatic rings. The molecule has 0 radical (unpaired) electrons. The van der Waals surface area contributed by atoms with Crippen LogP contribution in [0.3, 0.4) is 0 Å². The van der Waals surface area contributed by atoms with Gasteiger partial charge in [-0.15, -0.1) is 0 Å². The van der Waals surface area contributed by atoms with Gasteiger partial charge in [0, 0.05) is 6.04 Å². The van der Waals surface area contributed by atoms with E-state index in [0.717, 1.165) is 12.0 Å². The SMILES string of the molecule is CNC1(C)CCC(CC(C)C)N1. The number of hydrogen-bond donors (Lipinski definition) is 2. The summed E-state index contributed by atoms with van der Waals surface area (Å²) < 4.78 is 0. The van der Waals surface area contributed by atoms with Crippen LogP contribution in [0.25, 0.3) is 0 Å². The summed E-state index contributed by atoms with van der Waals surface area (Å²) in [5.41, 5.74) is 0.194. The number of hydrogen-bond acceptors (Lipinski definition) is 2. The minimum absolute atomic E-state index is 0.194. The van der Waals surface area contributed by atoms with Crippen LogP contribution in [-0.2, 0) is 0 Å². The second-order valence-corrected chi connectivity index (χ2v) is 4.59. The van der Waals surface area contributed by atoms with Crippen molar-refractivity contribution in [1.29, 1.82) is 0 Å². The molecule has 0 bridgehead atoms. The number of nitrogens with one attached hydrogen (secondary N) is 2. The van der Waals surface area contributed by atoms with E-state index in [2.05, 4.69) is 31.4 Å². The largest absolute Gasteiger partial charge is 0.303 e. The van der Waals surface area contributed by atoms with Crippen LogP contribution in [0.15, 0.2) is 0 Å². The molecule has 0 aromatic rings. The van der Waals surface area contributed by atoms with E-state index in [1.807, 2.05) is 7.05 Å². The van der Waals surface area contributed by atoms with Crippen molar-refractivity contribution >= 4 is 0 Å². The predicted molar refractivity (Wildman–Crippen MR) is 53.1 cm³/mol. The van der Waals surface area contributed by atoms with Crippen LogP contribution in [0.4, 0.5) is 0 Å². The standard InChI is InChI=1S/C10H22N2/c1-8(2)7-9-5-6-10(3,11-4)12-9/h8-9,11-12H,5-7H2,1-4H3. The Bertz CT molecular complexity index is 145. The fourth-order valence-corrected chi connectivity index (χ4v) is 2.00. The summed E-state index contributed by atoms with van der Waals surface area (Å²) >= 11 is 0. The fraction of sp³-hybridized carbons (Fsp3) is 1.00. The van der Waals surface area contributed by atoms with Gasteiger partial charge in [0.05, 0.1) is 5.66 Å². The van der Waals surface area contributed by atoms with Gasteiger partial charge >= 0.3 is 0 Å². The molecule has 1 saturated heterocycles. The lowest BCUT2D eigenvalue weighted by atomic mass is 10.0. The summed E-state index contributed by atoms with van der Waals surface area (Å²) in [6, 6.07) is 0.724. The van der Waals surface area contributed by atoms with E-state index in [9.17, 15) is 0 Å². The summed E-state index contributed by atoms with van der Waals surface area (Å²) in [5.74, 6) is 0.807. The highest BCUT2D eigenvalue weighted by atomic mass is 15.2. The molecule has 72 valence electrons. The molecule has 2 N–H and O–H groups in total. The van der Waals surface area contributed by atoms with Gasteiger partial charge < -0.3 is 5.32 Å². The van der Waals surface area contributed by atoms with Crippen LogP contribution >= 0.6 is 0 Å². The molecule has 2 nitrogen and oxygen atoms in total. The Morgan fingerprint density at radius 3 is 2.67 bits per heavy atom. The Labute approximate surface area is 76.1 Å². The van der Waals surface area contributed by atoms with E-state index in [0.29, 0.717) is 0 Å². The average Bonchev–Trinajstić information content (AvgIpc) is 2.32. The van der Waals surface area contributed by atoms with Gasteiger partial charge in [-0.2, -0.15) is 0 Å². The lowest BCUT2D eigenvalue weighted by Crippen LogP contribution is -2.50. The van der Waals surface area contributed by atoms with Crippen molar-refractivity contribution in [3.05, 3.63) is 0 Å². The Morgan fingerprint density at radius 2 is 2.25 bits per heavy atom. The molecule has 1 fully saturated rings. The highest BCUT2D eigenvalue weighted by Crippen LogP contribution is 2.23. The van der Waals surface area contributed by atoms with Gasteiger partial charge in [-0.3, -0.25) is 5.32 Å². The second kappa shape index (κ2) is 3.75. The predicted octanol–water partition coefficient (Wildman–Crippen LogP) is 1.72. The fourth-order valence-electron chi connectivity index (χ4n) is 2.00. The van der Waals surface area contributed by atoms with Crippen molar-refractivity contribution in [3.8, 4) is 0 Å². The van der Waals surface area contributed by atoms with Gasteiger partial charge in [-0.05, 0) is 39.2 Å². The third-order valence-electron chi connectivity index (χ3n) is 2.82. The summed E-state index contributed by atoms with van der Waals surface area (Å²) in [6.45, 7) is 6.82. The lowest BCUT2D eigenvalue weighted by Gasteiger charge is -2.25. The van der Waals surface area contributed by atoms with E-state index in [1.54, 1.807) is 0 Å². The Morgan fingerprint density at radius 1 is 1.58 bits per heavy atom. The molecule has 1 aliphatic heterocycles. The van der Waals surface area contributed by atoms with Crippen molar-refractivity contribution in [2.75, 3.05) is 7.05 Å². The molecule has 0 aromatic carbocycles. The first-order valence-corrected chi connectivity index (χ1v) is 5.02. The van der Waals surface area contributed by atoms with Crippen LogP contribution in [0, 0.1) is 5.92 Å². The van der Waals surface area contributed by atoms with Crippen LogP contribution in [0.5, 0.6) is 0 Å². The lowest BCUT2D eigenvalue weighted by molar-refractivity contribution is 0.323. The van der Waals surface area contributed by atoms with E-state index in [-0.39, 0.29) is 5.66 Å².